The minimum absolute atomic E-state index is 0.00945. The first kappa shape index (κ1) is 18.5. The largest absolute Gasteiger partial charge is 0.479 e. The zero-order valence-electron chi connectivity index (χ0n) is 13.8. The molecule has 1 heterocycles. The van der Waals surface area contributed by atoms with E-state index >= 15 is 0 Å². The van der Waals surface area contributed by atoms with E-state index < -0.39 is 12.1 Å². The van der Waals surface area contributed by atoms with Crippen LogP contribution in [0.2, 0.25) is 0 Å². The summed E-state index contributed by atoms with van der Waals surface area (Å²) >= 11 is 0. The molecule has 1 aliphatic heterocycles. The van der Waals surface area contributed by atoms with Gasteiger partial charge in [0.2, 0.25) is 0 Å². The Morgan fingerprint density at radius 1 is 0.810 bits per heavy atom. The number of epoxide rings is 1. The van der Waals surface area contributed by atoms with Crippen LogP contribution >= 0.6 is 0 Å². The van der Waals surface area contributed by atoms with Gasteiger partial charge in [0.25, 0.3) is 0 Å². The molecule has 0 radical (unpaired) electrons. The van der Waals surface area contributed by atoms with Crippen molar-refractivity contribution in [3.63, 3.8) is 0 Å². The lowest BCUT2D eigenvalue weighted by Crippen LogP contribution is -2.07. The van der Waals surface area contributed by atoms with E-state index in [2.05, 4.69) is 6.92 Å². The molecule has 1 N–H and O–H groups in total. The lowest BCUT2D eigenvalue weighted by Gasteiger charge is -2.02. The van der Waals surface area contributed by atoms with E-state index in [4.69, 9.17) is 9.84 Å². The maximum Gasteiger partial charge on any atom is 0.335 e. The number of unbranched alkanes of at least 4 members (excludes halogenated alkanes) is 12. The molecule has 0 spiro atoms. The summed E-state index contributed by atoms with van der Waals surface area (Å²) < 4.78 is 5.09. The summed E-state index contributed by atoms with van der Waals surface area (Å²) in [4.78, 5) is 10.6. The van der Waals surface area contributed by atoms with E-state index in [1.54, 1.807) is 0 Å². The first-order valence-corrected chi connectivity index (χ1v) is 9.14. The predicted octanol–water partition coefficient (Wildman–Crippen LogP) is 5.32. The Morgan fingerprint density at radius 2 is 1.24 bits per heavy atom. The van der Waals surface area contributed by atoms with Gasteiger partial charge in [-0.2, -0.15) is 0 Å². The first-order chi connectivity index (χ1) is 10.3. The van der Waals surface area contributed by atoms with E-state index in [9.17, 15) is 4.79 Å². The molecule has 1 fully saturated rings. The fraction of sp³-hybridized carbons (Fsp3) is 0.944. The normalized spacial score (nSPS) is 20.6. The topological polar surface area (TPSA) is 49.8 Å². The molecular formula is C18H34O3. The molecule has 0 amide bonds. The van der Waals surface area contributed by atoms with Gasteiger partial charge in [-0.3, -0.25) is 0 Å². The second kappa shape index (κ2) is 12.0. The van der Waals surface area contributed by atoms with Gasteiger partial charge in [0.05, 0.1) is 6.10 Å². The molecule has 0 bridgehead atoms. The molecule has 0 unspecified atom stereocenters. The molecule has 1 saturated heterocycles. The van der Waals surface area contributed by atoms with Gasteiger partial charge in [0.1, 0.15) is 0 Å². The molecule has 3 nitrogen and oxygen atoms in total. The quantitative estimate of drug-likeness (QED) is 0.329. The van der Waals surface area contributed by atoms with Gasteiger partial charge in [-0.05, 0) is 6.42 Å². The minimum atomic E-state index is -0.797. The van der Waals surface area contributed by atoms with Gasteiger partial charge in [0, 0.05) is 0 Å². The molecule has 0 aliphatic carbocycles. The number of carboxylic acid groups (broad SMARTS) is 1. The zero-order chi connectivity index (χ0) is 15.3. The van der Waals surface area contributed by atoms with Crippen molar-refractivity contribution < 1.29 is 14.6 Å². The summed E-state index contributed by atoms with van der Waals surface area (Å²) in [5.41, 5.74) is 0. The number of ether oxygens (including phenoxy) is 1. The van der Waals surface area contributed by atoms with Crippen molar-refractivity contribution >= 4 is 5.97 Å². The van der Waals surface area contributed by atoms with E-state index in [0.29, 0.717) is 0 Å². The Hall–Kier alpha value is -0.570. The summed E-state index contributed by atoms with van der Waals surface area (Å²) in [6, 6.07) is 0. The van der Waals surface area contributed by atoms with Crippen LogP contribution in [0.3, 0.4) is 0 Å². The van der Waals surface area contributed by atoms with Gasteiger partial charge < -0.3 is 9.84 Å². The van der Waals surface area contributed by atoms with Crippen LogP contribution in [-0.2, 0) is 9.53 Å². The number of aliphatic carboxylic acids is 1. The molecule has 2 atom stereocenters. The third-order valence-corrected chi connectivity index (χ3v) is 4.42. The number of carboxylic acids is 1. The molecule has 124 valence electrons. The van der Waals surface area contributed by atoms with Gasteiger partial charge >= 0.3 is 5.97 Å². The van der Waals surface area contributed by atoms with Crippen molar-refractivity contribution in [1.29, 1.82) is 0 Å². The maximum absolute atomic E-state index is 10.6. The Labute approximate surface area is 130 Å². The van der Waals surface area contributed by atoms with Crippen molar-refractivity contribution in [2.75, 3.05) is 0 Å². The predicted molar refractivity (Wildman–Crippen MR) is 86.6 cm³/mol. The monoisotopic (exact) mass is 298 g/mol. The minimum Gasteiger partial charge on any atom is -0.479 e. The van der Waals surface area contributed by atoms with E-state index in [1.165, 1.54) is 77.0 Å². The molecule has 0 saturated carbocycles. The first-order valence-electron chi connectivity index (χ1n) is 9.14. The SMILES string of the molecule is CCCCCCCCCCCCCCC[C@@H]1O[C@H]1C(=O)O. The highest BCUT2D eigenvalue weighted by atomic mass is 16.6. The van der Waals surface area contributed by atoms with Crippen LogP contribution in [0.5, 0.6) is 0 Å². The number of carbonyl (C=O) groups is 1. The average molecular weight is 298 g/mol. The molecule has 1 aliphatic rings. The molecule has 0 aromatic rings. The third kappa shape index (κ3) is 9.89. The lowest BCUT2D eigenvalue weighted by molar-refractivity contribution is -0.138. The Bertz CT molecular complexity index is 265. The summed E-state index contributed by atoms with van der Waals surface area (Å²) in [5.74, 6) is -0.797. The van der Waals surface area contributed by atoms with Crippen molar-refractivity contribution in [2.24, 2.45) is 0 Å². The van der Waals surface area contributed by atoms with Crippen molar-refractivity contribution in [3.05, 3.63) is 0 Å². The van der Waals surface area contributed by atoms with Gasteiger partial charge in [-0.25, -0.2) is 4.79 Å². The van der Waals surface area contributed by atoms with Gasteiger partial charge in [-0.1, -0.05) is 90.4 Å². The van der Waals surface area contributed by atoms with Crippen LogP contribution < -0.4 is 0 Å². The fourth-order valence-corrected chi connectivity index (χ4v) is 2.94. The average Bonchev–Trinajstić information content (AvgIpc) is 3.24. The van der Waals surface area contributed by atoms with Crippen LogP contribution in [-0.4, -0.2) is 23.3 Å². The van der Waals surface area contributed by atoms with Crippen LogP contribution in [0.25, 0.3) is 0 Å². The molecule has 0 aromatic heterocycles. The van der Waals surface area contributed by atoms with Gasteiger partial charge in [-0.15, -0.1) is 0 Å². The summed E-state index contributed by atoms with van der Waals surface area (Å²) in [6.07, 6.45) is 18.0. The van der Waals surface area contributed by atoms with Gasteiger partial charge in [0.15, 0.2) is 6.10 Å². The van der Waals surface area contributed by atoms with Crippen molar-refractivity contribution in [1.82, 2.24) is 0 Å². The maximum atomic E-state index is 10.6. The van der Waals surface area contributed by atoms with Crippen LogP contribution in [0, 0.1) is 0 Å². The van der Waals surface area contributed by atoms with E-state index in [0.717, 1.165) is 12.8 Å². The number of hydrogen-bond donors (Lipinski definition) is 1. The third-order valence-electron chi connectivity index (χ3n) is 4.42. The van der Waals surface area contributed by atoms with Crippen molar-refractivity contribution in [3.8, 4) is 0 Å². The molecule has 3 heteroatoms. The number of rotatable bonds is 15. The number of hydrogen-bond acceptors (Lipinski definition) is 2. The zero-order valence-corrected chi connectivity index (χ0v) is 13.8. The molecule has 0 aromatic carbocycles. The highest BCUT2D eigenvalue weighted by molar-refractivity contribution is 5.75. The van der Waals surface area contributed by atoms with Crippen molar-refractivity contribution in [2.45, 2.75) is 109 Å². The smallest absolute Gasteiger partial charge is 0.335 e. The van der Waals surface area contributed by atoms with Crippen LogP contribution in [0.1, 0.15) is 96.8 Å². The molecular weight excluding hydrogens is 264 g/mol. The highest BCUT2D eigenvalue weighted by Gasteiger charge is 2.44. The molecule has 21 heavy (non-hydrogen) atoms. The lowest BCUT2D eigenvalue weighted by atomic mass is 10.0. The molecule has 1 rings (SSSR count). The second-order valence-electron chi connectivity index (χ2n) is 6.46. The summed E-state index contributed by atoms with van der Waals surface area (Å²) in [5, 5.41) is 8.70. The Kier molecular flexibility index (Phi) is 10.6. The Balaban J connectivity index is 1.69. The van der Waals surface area contributed by atoms with Crippen LogP contribution in [0.4, 0.5) is 0 Å². The van der Waals surface area contributed by atoms with E-state index in [-0.39, 0.29) is 6.10 Å². The highest BCUT2D eigenvalue weighted by Crippen LogP contribution is 2.27. The standard InChI is InChI=1S/C18H34O3/c1-2-3-4-5-6-7-8-9-10-11-12-13-14-15-16-17(21-16)18(19)20/h16-17H,2-15H2,1H3,(H,19,20)/t16-,17+/m0/s1. The Morgan fingerprint density at radius 3 is 1.62 bits per heavy atom. The van der Waals surface area contributed by atoms with E-state index in [1.807, 2.05) is 0 Å². The van der Waals surface area contributed by atoms with Crippen LogP contribution in [0.15, 0.2) is 0 Å². The summed E-state index contributed by atoms with van der Waals surface area (Å²) in [6.45, 7) is 2.27. The fourth-order valence-electron chi connectivity index (χ4n) is 2.94. The summed E-state index contributed by atoms with van der Waals surface area (Å²) in [7, 11) is 0. The second-order valence-corrected chi connectivity index (χ2v) is 6.46.